The average Bonchev–Trinajstić information content (AvgIpc) is 2.11. The number of rotatable bonds is 0. The highest BCUT2D eigenvalue weighted by Crippen LogP contribution is 2.34. The molecule has 2 unspecified atom stereocenters. The van der Waals surface area contributed by atoms with Gasteiger partial charge in [0.2, 0.25) is 0 Å². The molecule has 1 N–H and O–H groups in total. The fourth-order valence-corrected chi connectivity index (χ4v) is 1.32. The van der Waals surface area contributed by atoms with Crippen molar-refractivity contribution in [3.63, 3.8) is 0 Å². The van der Waals surface area contributed by atoms with E-state index in [1.807, 2.05) is 6.08 Å². The predicted octanol–water partition coefficient (Wildman–Crippen LogP) is 1.97. The molecule has 0 bridgehead atoms. The van der Waals surface area contributed by atoms with Crippen molar-refractivity contribution in [2.45, 2.75) is 33.3 Å². The summed E-state index contributed by atoms with van der Waals surface area (Å²) in [6.45, 7) is 6.63. The lowest BCUT2D eigenvalue weighted by molar-refractivity contribution is 0.175. The van der Waals surface area contributed by atoms with Crippen LogP contribution in [0.25, 0.3) is 0 Å². The van der Waals surface area contributed by atoms with Crippen molar-refractivity contribution in [3.05, 3.63) is 12.2 Å². The smallest absolute Gasteiger partial charge is 0.0726 e. The lowest BCUT2D eigenvalue weighted by atomic mass is 9.80. The van der Waals surface area contributed by atoms with Gasteiger partial charge in [0.1, 0.15) is 0 Å². The van der Waals surface area contributed by atoms with Crippen molar-refractivity contribution in [1.82, 2.24) is 0 Å². The second-order valence-electron chi connectivity index (χ2n) is 4.16. The summed E-state index contributed by atoms with van der Waals surface area (Å²) < 4.78 is 0. The van der Waals surface area contributed by atoms with Gasteiger partial charge in [0.25, 0.3) is 0 Å². The van der Waals surface area contributed by atoms with Gasteiger partial charge in [0.15, 0.2) is 0 Å². The molecular formula is C9H16O. The Labute approximate surface area is 62.8 Å². The van der Waals surface area contributed by atoms with Crippen molar-refractivity contribution < 1.29 is 5.11 Å². The van der Waals surface area contributed by atoms with E-state index in [1.165, 1.54) is 0 Å². The molecule has 0 aromatic carbocycles. The zero-order valence-electron chi connectivity index (χ0n) is 6.96. The van der Waals surface area contributed by atoms with E-state index < -0.39 is 0 Å². The molecule has 0 saturated carbocycles. The van der Waals surface area contributed by atoms with Crippen LogP contribution in [-0.4, -0.2) is 11.2 Å². The van der Waals surface area contributed by atoms with E-state index in [4.69, 9.17) is 0 Å². The molecule has 0 saturated heterocycles. The molecule has 10 heavy (non-hydrogen) atoms. The number of hydrogen-bond donors (Lipinski definition) is 1. The van der Waals surface area contributed by atoms with Crippen molar-refractivity contribution >= 4 is 0 Å². The Bertz CT molecular complexity index is 141. The number of hydrogen-bond acceptors (Lipinski definition) is 1. The van der Waals surface area contributed by atoms with Gasteiger partial charge in [-0.3, -0.25) is 0 Å². The van der Waals surface area contributed by atoms with Crippen molar-refractivity contribution in [3.8, 4) is 0 Å². The second kappa shape index (κ2) is 2.39. The fourth-order valence-electron chi connectivity index (χ4n) is 1.32. The minimum Gasteiger partial charge on any atom is -0.389 e. The van der Waals surface area contributed by atoms with Crippen LogP contribution in [0, 0.1) is 11.3 Å². The van der Waals surface area contributed by atoms with Crippen LogP contribution in [0.3, 0.4) is 0 Å². The van der Waals surface area contributed by atoms with Crippen LogP contribution in [0.4, 0.5) is 0 Å². The standard InChI is InChI=1S/C9H16O/c1-9(2,3)7-4-5-8(10)6-7/h4-5,7-8,10H,6H2,1-3H3. The van der Waals surface area contributed by atoms with Crippen LogP contribution in [0.2, 0.25) is 0 Å². The molecule has 0 aromatic rings. The first-order chi connectivity index (χ1) is 4.50. The largest absolute Gasteiger partial charge is 0.389 e. The maximum atomic E-state index is 9.18. The maximum absolute atomic E-state index is 9.18. The van der Waals surface area contributed by atoms with E-state index in [9.17, 15) is 5.11 Å². The molecule has 0 heterocycles. The van der Waals surface area contributed by atoms with Crippen LogP contribution >= 0.6 is 0 Å². The van der Waals surface area contributed by atoms with E-state index >= 15 is 0 Å². The maximum Gasteiger partial charge on any atom is 0.0726 e. The number of aliphatic hydroxyl groups excluding tert-OH is 1. The van der Waals surface area contributed by atoms with E-state index in [2.05, 4.69) is 26.8 Å². The Morgan fingerprint density at radius 3 is 2.10 bits per heavy atom. The quantitative estimate of drug-likeness (QED) is 0.510. The summed E-state index contributed by atoms with van der Waals surface area (Å²) in [6.07, 6.45) is 4.74. The molecule has 58 valence electrons. The second-order valence-corrected chi connectivity index (χ2v) is 4.16. The normalized spacial score (nSPS) is 33.2. The first-order valence-corrected chi connectivity index (χ1v) is 3.86. The van der Waals surface area contributed by atoms with Gasteiger partial charge in [-0.05, 0) is 17.8 Å². The van der Waals surface area contributed by atoms with Gasteiger partial charge < -0.3 is 5.11 Å². The SMILES string of the molecule is CC(C)(C)C1C=CC(O)C1. The summed E-state index contributed by atoms with van der Waals surface area (Å²) in [5.74, 6) is 0.558. The van der Waals surface area contributed by atoms with Gasteiger partial charge in [-0.2, -0.15) is 0 Å². The monoisotopic (exact) mass is 140 g/mol. The Kier molecular flexibility index (Phi) is 1.86. The molecule has 0 aromatic heterocycles. The van der Waals surface area contributed by atoms with Crippen molar-refractivity contribution in [2.75, 3.05) is 0 Å². The van der Waals surface area contributed by atoms with Crippen LogP contribution in [0.1, 0.15) is 27.2 Å². The van der Waals surface area contributed by atoms with Gasteiger partial charge in [0.05, 0.1) is 6.10 Å². The van der Waals surface area contributed by atoms with Gasteiger partial charge in [0, 0.05) is 0 Å². The van der Waals surface area contributed by atoms with Gasteiger partial charge >= 0.3 is 0 Å². The van der Waals surface area contributed by atoms with E-state index in [1.54, 1.807) is 0 Å². The zero-order chi connectivity index (χ0) is 7.78. The van der Waals surface area contributed by atoms with Crippen LogP contribution in [0.5, 0.6) is 0 Å². The molecule has 0 amide bonds. The summed E-state index contributed by atoms with van der Waals surface area (Å²) in [7, 11) is 0. The molecule has 1 rings (SSSR count). The first-order valence-electron chi connectivity index (χ1n) is 3.86. The van der Waals surface area contributed by atoms with Crippen molar-refractivity contribution in [1.29, 1.82) is 0 Å². The van der Waals surface area contributed by atoms with Crippen LogP contribution in [0.15, 0.2) is 12.2 Å². The Morgan fingerprint density at radius 2 is 1.90 bits per heavy atom. The molecule has 0 radical (unpaired) electrons. The predicted molar refractivity (Wildman–Crippen MR) is 42.7 cm³/mol. The molecule has 0 fully saturated rings. The highest BCUT2D eigenvalue weighted by atomic mass is 16.3. The Hall–Kier alpha value is -0.300. The first kappa shape index (κ1) is 7.80. The topological polar surface area (TPSA) is 20.2 Å². The van der Waals surface area contributed by atoms with Crippen molar-refractivity contribution in [2.24, 2.45) is 11.3 Å². The molecule has 2 atom stereocenters. The van der Waals surface area contributed by atoms with Crippen LogP contribution in [-0.2, 0) is 0 Å². The Morgan fingerprint density at radius 1 is 1.30 bits per heavy atom. The van der Waals surface area contributed by atoms with Gasteiger partial charge in [-0.1, -0.05) is 32.9 Å². The minimum absolute atomic E-state index is 0.191. The fraction of sp³-hybridized carbons (Fsp3) is 0.778. The van der Waals surface area contributed by atoms with E-state index in [-0.39, 0.29) is 6.10 Å². The molecular weight excluding hydrogens is 124 g/mol. The summed E-state index contributed by atoms with van der Waals surface area (Å²) >= 11 is 0. The zero-order valence-corrected chi connectivity index (χ0v) is 6.96. The summed E-state index contributed by atoms with van der Waals surface area (Å²) in [5, 5.41) is 9.18. The third-order valence-corrected chi connectivity index (χ3v) is 2.17. The lowest BCUT2D eigenvalue weighted by Gasteiger charge is -2.25. The summed E-state index contributed by atoms with van der Waals surface area (Å²) in [6, 6.07) is 0. The van der Waals surface area contributed by atoms with Crippen LogP contribution < -0.4 is 0 Å². The Balaban J connectivity index is 2.55. The molecule has 0 spiro atoms. The number of allylic oxidation sites excluding steroid dienone is 1. The minimum atomic E-state index is -0.191. The highest BCUT2D eigenvalue weighted by molar-refractivity contribution is 5.05. The summed E-state index contributed by atoms with van der Waals surface area (Å²) in [4.78, 5) is 0. The molecule has 1 nitrogen and oxygen atoms in total. The molecule has 1 aliphatic carbocycles. The average molecular weight is 140 g/mol. The third kappa shape index (κ3) is 1.60. The molecule has 1 heteroatoms. The van der Waals surface area contributed by atoms with Gasteiger partial charge in [-0.25, -0.2) is 0 Å². The van der Waals surface area contributed by atoms with Gasteiger partial charge in [-0.15, -0.1) is 0 Å². The highest BCUT2D eigenvalue weighted by Gasteiger charge is 2.27. The lowest BCUT2D eigenvalue weighted by Crippen LogP contribution is -2.18. The number of aliphatic hydroxyl groups is 1. The van der Waals surface area contributed by atoms with E-state index in [0.29, 0.717) is 11.3 Å². The molecule has 1 aliphatic rings. The molecule has 0 aliphatic heterocycles. The summed E-state index contributed by atoms with van der Waals surface area (Å²) in [5.41, 5.74) is 0.313. The third-order valence-electron chi connectivity index (χ3n) is 2.17. The van der Waals surface area contributed by atoms with E-state index in [0.717, 1.165) is 6.42 Å².